The van der Waals surface area contributed by atoms with Crippen molar-refractivity contribution in [2.45, 2.75) is 12.7 Å². The highest BCUT2D eigenvalue weighted by molar-refractivity contribution is 14.1. The maximum Gasteiger partial charge on any atom is 0.419 e. The predicted molar refractivity (Wildman–Crippen MR) is 52.3 cm³/mol. The highest BCUT2D eigenvalue weighted by atomic mass is 127. The summed E-state index contributed by atoms with van der Waals surface area (Å²) in [7, 11) is 0. The summed E-state index contributed by atoms with van der Waals surface area (Å²) in [5.41, 5.74) is -0.824. The molecular weight excluding hydrogens is 313 g/mol. The minimum absolute atomic E-state index is 0.268. The fourth-order valence-corrected chi connectivity index (χ4v) is 1.42. The molecule has 1 nitrogen and oxygen atoms in total. The summed E-state index contributed by atoms with van der Waals surface area (Å²) < 4.78 is 52.0. The topological polar surface area (TPSA) is 12.0 Å². The van der Waals surface area contributed by atoms with Gasteiger partial charge in [-0.3, -0.25) is 3.53 Å². The van der Waals surface area contributed by atoms with Crippen LogP contribution in [0.4, 0.5) is 17.6 Å². The van der Waals surface area contributed by atoms with E-state index in [4.69, 9.17) is 0 Å². The molecule has 0 bridgehead atoms. The van der Waals surface area contributed by atoms with Crippen LogP contribution in [0.2, 0.25) is 0 Å². The van der Waals surface area contributed by atoms with Crippen LogP contribution < -0.4 is 3.53 Å². The van der Waals surface area contributed by atoms with E-state index in [0.717, 1.165) is 12.1 Å². The van der Waals surface area contributed by atoms with Crippen LogP contribution in [0.15, 0.2) is 18.2 Å². The molecule has 1 aromatic rings. The minimum Gasteiger partial charge on any atom is -0.257 e. The van der Waals surface area contributed by atoms with E-state index in [1.165, 1.54) is 6.07 Å². The molecule has 1 aromatic carbocycles. The molecule has 1 rings (SSSR count). The molecule has 0 spiro atoms. The van der Waals surface area contributed by atoms with E-state index in [1.807, 2.05) is 22.9 Å². The van der Waals surface area contributed by atoms with E-state index < -0.39 is 17.6 Å². The second kappa shape index (κ2) is 4.43. The van der Waals surface area contributed by atoms with Crippen LogP contribution in [0.5, 0.6) is 0 Å². The number of rotatable bonds is 2. The average molecular weight is 319 g/mol. The van der Waals surface area contributed by atoms with Crippen LogP contribution in [-0.4, -0.2) is 0 Å². The van der Waals surface area contributed by atoms with E-state index in [2.05, 4.69) is 3.53 Å². The number of benzene rings is 1. The van der Waals surface area contributed by atoms with E-state index in [9.17, 15) is 17.6 Å². The summed E-state index contributed by atoms with van der Waals surface area (Å²) in [6, 6.07) is 2.95. The van der Waals surface area contributed by atoms with Crippen molar-refractivity contribution in [2.24, 2.45) is 0 Å². The summed E-state index contributed by atoms with van der Waals surface area (Å²) in [5.74, 6) is -1.24. The van der Waals surface area contributed by atoms with Gasteiger partial charge in [-0.15, -0.1) is 0 Å². The first kappa shape index (κ1) is 11.7. The molecule has 0 radical (unpaired) electrons. The Kier molecular flexibility index (Phi) is 3.71. The van der Waals surface area contributed by atoms with Crippen molar-refractivity contribution in [1.29, 1.82) is 0 Å². The van der Waals surface area contributed by atoms with Crippen LogP contribution in [0.3, 0.4) is 0 Å². The van der Waals surface area contributed by atoms with E-state index >= 15 is 0 Å². The largest absolute Gasteiger partial charge is 0.419 e. The van der Waals surface area contributed by atoms with Crippen LogP contribution in [0, 0.1) is 5.82 Å². The van der Waals surface area contributed by atoms with Crippen molar-refractivity contribution in [2.75, 3.05) is 0 Å². The molecule has 0 aromatic heterocycles. The smallest absolute Gasteiger partial charge is 0.257 e. The van der Waals surface area contributed by atoms with Crippen LogP contribution >= 0.6 is 22.9 Å². The van der Waals surface area contributed by atoms with Gasteiger partial charge in [-0.05, 0) is 17.7 Å². The van der Waals surface area contributed by atoms with Gasteiger partial charge in [0.05, 0.1) is 5.56 Å². The van der Waals surface area contributed by atoms with Crippen LogP contribution in [0.1, 0.15) is 11.1 Å². The van der Waals surface area contributed by atoms with E-state index in [-0.39, 0.29) is 6.54 Å². The molecule has 1 N–H and O–H groups in total. The van der Waals surface area contributed by atoms with Crippen molar-refractivity contribution < 1.29 is 17.6 Å². The molecule has 0 saturated carbocycles. The zero-order valence-corrected chi connectivity index (χ0v) is 8.99. The zero-order chi connectivity index (χ0) is 10.8. The molecule has 0 aliphatic rings. The third kappa shape index (κ3) is 2.81. The Morgan fingerprint density at radius 1 is 1.29 bits per heavy atom. The molecule has 0 amide bonds. The summed E-state index contributed by atoms with van der Waals surface area (Å²) in [4.78, 5) is 0. The van der Waals surface area contributed by atoms with Gasteiger partial charge in [0.15, 0.2) is 0 Å². The van der Waals surface area contributed by atoms with E-state index in [0.29, 0.717) is 5.56 Å². The first-order chi connectivity index (χ1) is 6.45. The molecule has 0 atom stereocenters. The Balaban J connectivity index is 3.09. The molecule has 0 unspecified atom stereocenters. The van der Waals surface area contributed by atoms with Crippen molar-refractivity contribution in [3.05, 3.63) is 35.1 Å². The second-order valence-corrected chi connectivity index (χ2v) is 3.39. The molecule has 0 fully saturated rings. The van der Waals surface area contributed by atoms with Gasteiger partial charge in [-0.2, -0.15) is 13.2 Å². The monoisotopic (exact) mass is 319 g/mol. The van der Waals surface area contributed by atoms with Crippen LogP contribution in [0.25, 0.3) is 0 Å². The first-order valence-corrected chi connectivity index (χ1v) is 4.72. The Hall–Kier alpha value is -0.370. The van der Waals surface area contributed by atoms with Gasteiger partial charge in [0.25, 0.3) is 0 Å². The first-order valence-electron chi connectivity index (χ1n) is 3.64. The lowest BCUT2D eigenvalue weighted by Crippen LogP contribution is -2.09. The summed E-state index contributed by atoms with van der Waals surface area (Å²) in [6.45, 7) is 0.268. The minimum atomic E-state index is -4.63. The number of halogens is 5. The predicted octanol–water partition coefficient (Wildman–Crippen LogP) is 3.28. The zero-order valence-electron chi connectivity index (χ0n) is 6.83. The van der Waals surface area contributed by atoms with Gasteiger partial charge in [-0.1, -0.05) is 6.07 Å². The summed E-state index contributed by atoms with van der Waals surface area (Å²) in [5, 5.41) is 0. The highest BCUT2D eigenvalue weighted by Crippen LogP contribution is 2.31. The fourth-order valence-electron chi connectivity index (χ4n) is 0.977. The molecule has 6 heteroatoms. The van der Waals surface area contributed by atoms with Gasteiger partial charge in [-0.25, -0.2) is 4.39 Å². The molecular formula is C8H6F4IN. The number of nitrogens with one attached hydrogen (secondary N) is 1. The number of alkyl halides is 3. The average Bonchev–Trinajstić information content (AvgIpc) is 2.07. The standard InChI is InChI=1S/C8H6F4IN/c9-7-2-1-5(4-14-13)3-6(7)8(10,11)12/h1-3,14H,4H2. The fraction of sp³-hybridized carbons (Fsp3) is 0.250. The van der Waals surface area contributed by atoms with Crippen LogP contribution in [-0.2, 0) is 12.7 Å². The highest BCUT2D eigenvalue weighted by Gasteiger charge is 2.34. The lowest BCUT2D eigenvalue weighted by Gasteiger charge is -2.09. The second-order valence-electron chi connectivity index (χ2n) is 2.62. The van der Waals surface area contributed by atoms with Gasteiger partial charge in [0.1, 0.15) is 5.82 Å². The number of hydrogen-bond acceptors (Lipinski definition) is 1. The lowest BCUT2D eigenvalue weighted by atomic mass is 10.1. The van der Waals surface area contributed by atoms with E-state index in [1.54, 1.807) is 0 Å². The van der Waals surface area contributed by atoms with Crippen molar-refractivity contribution in [3.8, 4) is 0 Å². The maximum absolute atomic E-state index is 12.8. The Morgan fingerprint density at radius 2 is 1.93 bits per heavy atom. The molecule has 0 heterocycles. The normalized spacial score (nSPS) is 11.8. The quantitative estimate of drug-likeness (QED) is 0.501. The van der Waals surface area contributed by atoms with Crippen molar-refractivity contribution >= 4 is 22.9 Å². The molecule has 0 saturated heterocycles. The SMILES string of the molecule is Fc1ccc(CNI)cc1C(F)(F)F. The molecule has 0 aliphatic carbocycles. The van der Waals surface area contributed by atoms with Crippen molar-refractivity contribution in [3.63, 3.8) is 0 Å². The Bertz CT molecular complexity index is 324. The third-order valence-corrected chi connectivity index (χ3v) is 1.99. The number of hydrogen-bond donors (Lipinski definition) is 1. The maximum atomic E-state index is 12.8. The van der Waals surface area contributed by atoms with Gasteiger partial charge in [0.2, 0.25) is 0 Å². The van der Waals surface area contributed by atoms with Gasteiger partial charge < -0.3 is 0 Å². The summed E-state index contributed by atoms with van der Waals surface area (Å²) in [6.07, 6.45) is -4.63. The van der Waals surface area contributed by atoms with Crippen molar-refractivity contribution in [1.82, 2.24) is 3.53 Å². The Morgan fingerprint density at radius 3 is 2.43 bits per heavy atom. The third-order valence-electron chi connectivity index (χ3n) is 1.61. The summed E-state index contributed by atoms with van der Waals surface area (Å²) >= 11 is 1.81. The van der Waals surface area contributed by atoms with Gasteiger partial charge >= 0.3 is 6.18 Å². The van der Waals surface area contributed by atoms with Gasteiger partial charge in [0, 0.05) is 29.4 Å². The molecule has 14 heavy (non-hydrogen) atoms. The molecule has 0 aliphatic heterocycles. The lowest BCUT2D eigenvalue weighted by molar-refractivity contribution is -0.140. The Labute approximate surface area is 92.0 Å². The molecule has 78 valence electrons.